The molecule has 1 saturated heterocycles. The van der Waals surface area contributed by atoms with Gasteiger partial charge in [-0.05, 0) is 82.6 Å². The molecule has 59 heavy (non-hydrogen) atoms. The maximum atomic E-state index is 13.1. The first-order valence-corrected chi connectivity index (χ1v) is 21.3. The van der Waals surface area contributed by atoms with Crippen molar-refractivity contribution in [3.05, 3.63) is 77.6 Å². The molecule has 6 amide bonds. The summed E-state index contributed by atoms with van der Waals surface area (Å²) < 4.78 is 44.2. The largest absolute Gasteiger partial charge is 0.465 e. The van der Waals surface area contributed by atoms with Crippen molar-refractivity contribution >= 4 is 51.5 Å². The predicted octanol–water partition coefficient (Wildman–Crippen LogP) is 4.91. The quantitative estimate of drug-likeness (QED) is 0.135. The number of carboxylic acid groups (broad SMARTS) is 1. The Kier molecular flexibility index (Phi) is 18.3. The van der Waals surface area contributed by atoms with Crippen molar-refractivity contribution in [2.75, 3.05) is 31.2 Å². The van der Waals surface area contributed by atoms with Crippen LogP contribution < -0.4 is 20.7 Å². The lowest BCUT2D eigenvalue weighted by atomic mass is 10.1. The van der Waals surface area contributed by atoms with E-state index in [0.29, 0.717) is 37.2 Å². The molecule has 5 rings (SSSR count). The molecule has 2 fully saturated rings. The fraction of sp³-hybridized carbons (Fsp3) is 0.512. The number of nitrogens with zero attached hydrogens (tertiary/aromatic N) is 2. The summed E-state index contributed by atoms with van der Waals surface area (Å²) in [5.41, 5.74) is 1.17. The summed E-state index contributed by atoms with van der Waals surface area (Å²) in [6.45, 7) is 8.21. The number of allylic oxidation sites excluding steroid dienone is 2. The Balaban J connectivity index is 0.000000249. The lowest BCUT2D eigenvalue weighted by molar-refractivity contribution is -0.137. The van der Waals surface area contributed by atoms with Crippen LogP contribution in [0, 0.1) is 17.7 Å². The molecule has 2 unspecified atom stereocenters. The summed E-state index contributed by atoms with van der Waals surface area (Å²) in [6.07, 6.45) is 8.97. The molecule has 3 atom stereocenters. The average Bonchev–Trinajstić information content (AvgIpc) is 3.53. The zero-order valence-electron chi connectivity index (χ0n) is 34.3. The molecule has 0 aromatic heterocycles. The van der Waals surface area contributed by atoms with Gasteiger partial charge in [0.2, 0.25) is 33.7 Å². The first kappa shape index (κ1) is 47.9. The van der Waals surface area contributed by atoms with Gasteiger partial charge in [0.25, 0.3) is 0 Å². The monoisotopic (exact) mass is 844 g/mol. The SMILES string of the molecule is CCCCC/C=C\C1CC1C(=O)NS(=O)(=O)CC(=O)Nc1ccccc1.CNC(=O)[C@@H]1CCCN1C(=O)CNC(=O)OC(C)(C)C.O=C(O)N1Cc2cccc(F)c2C1. The minimum atomic E-state index is -4.00. The van der Waals surface area contributed by atoms with Gasteiger partial charge in [-0.1, -0.05) is 62.2 Å². The van der Waals surface area contributed by atoms with Crippen molar-refractivity contribution in [1.29, 1.82) is 0 Å². The second-order valence-electron chi connectivity index (χ2n) is 15.3. The maximum absolute atomic E-state index is 13.1. The Bertz CT molecular complexity index is 1920. The number of likely N-dealkylation sites (N-methyl/N-ethyl adjacent to an activating group) is 1. The molecule has 0 spiro atoms. The van der Waals surface area contributed by atoms with Gasteiger partial charge < -0.3 is 30.7 Å². The summed E-state index contributed by atoms with van der Waals surface area (Å²) in [6, 6.07) is 12.8. The van der Waals surface area contributed by atoms with Crippen LogP contribution in [0.5, 0.6) is 0 Å². The number of rotatable bonds is 13. The van der Waals surface area contributed by atoms with Crippen LogP contribution in [0.15, 0.2) is 60.7 Å². The number of benzene rings is 2. The number of halogens is 1. The zero-order chi connectivity index (χ0) is 43.8. The van der Waals surface area contributed by atoms with E-state index < -0.39 is 51.4 Å². The molecule has 0 radical (unpaired) electrons. The lowest BCUT2D eigenvalue weighted by Crippen LogP contribution is -2.48. The molecule has 2 aromatic rings. The van der Waals surface area contributed by atoms with Gasteiger partial charge >= 0.3 is 12.2 Å². The number of hydrogen-bond donors (Lipinski definition) is 5. The molecule has 5 N–H and O–H groups in total. The number of carbonyl (C=O) groups is 6. The van der Waals surface area contributed by atoms with Crippen molar-refractivity contribution in [1.82, 2.24) is 25.2 Å². The Morgan fingerprint density at radius 2 is 1.69 bits per heavy atom. The molecular weight excluding hydrogens is 788 g/mol. The standard InChI is InChI=1S/C19H26N2O4S.C13H23N3O4.C9H8FNO2/c1-2-3-4-5-7-10-15-13-17(15)19(23)21-26(24,25)14-18(22)20-16-11-8-6-9-12-16;1-13(2,3)20-12(19)15-8-10(17)16-7-5-6-9(16)11(18)14-4;10-8-3-1-2-6-4-11(9(12)13)5-7(6)8/h6-12,15,17H,2-5,13-14H2,1H3,(H,20,22)(H,21,23);9H,5-8H2,1-4H3,(H,14,18)(H,15,19);1-3H,4-5H2,(H,12,13)/b10-7-;;/t;9-;/m.0./s1. The number of alkyl carbamates (subject to hydrolysis) is 1. The van der Waals surface area contributed by atoms with Crippen LogP contribution in [0.4, 0.5) is 19.7 Å². The van der Waals surface area contributed by atoms with E-state index in [-0.39, 0.29) is 42.6 Å². The van der Waals surface area contributed by atoms with Crippen molar-refractivity contribution in [3.63, 3.8) is 0 Å². The number of ether oxygens (including phenoxy) is 1. The number of nitrogens with one attached hydrogen (secondary N) is 4. The Labute approximate surface area is 345 Å². The molecule has 1 aliphatic carbocycles. The van der Waals surface area contributed by atoms with E-state index in [1.54, 1.807) is 70.3 Å². The maximum Gasteiger partial charge on any atom is 0.408 e. The van der Waals surface area contributed by atoms with Crippen LogP contribution in [0.2, 0.25) is 0 Å². The van der Waals surface area contributed by atoms with Crippen LogP contribution in [0.25, 0.3) is 0 Å². The highest BCUT2D eigenvalue weighted by Crippen LogP contribution is 2.40. The van der Waals surface area contributed by atoms with Gasteiger partial charge in [0.15, 0.2) is 0 Å². The summed E-state index contributed by atoms with van der Waals surface area (Å²) in [5, 5.41) is 16.1. The van der Waals surface area contributed by atoms with Gasteiger partial charge in [0, 0.05) is 37.3 Å². The highest BCUT2D eigenvalue weighted by Gasteiger charge is 2.42. The second-order valence-corrected chi connectivity index (χ2v) is 17.0. The minimum absolute atomic E-state index is 0.102. The topological polar surface area (TPSA) is 221 Å². The summed E-state index contributed by atoms with van der Waals surface area (Å²) in [4.78, 5) is 72.3. The fourth-order valence-electron chi connectivity index (χ4n) is 6.25. The molecule has 18 heteroatoms. The van der Waals surface area contributed by atoms with Crippen LogP contribution >= 0.6 is 0 Å². The van der Waals surface area contributed by atoms with E-state index in [1.165, 1.54) is 22.3 Å². The van der Waals surface area contributed by atoms with Crippen molar-refractivity contribution in [2.45, 2.75) is 97.4 Å². The van der Waals surface area contributed by atoms with E-state index >= 15 is 0 Å². The van der Waals surface area contributed by atoms with Gasteiger partial charge in [-0.15, -0.1) is 0 Å². The molecule has 2 heterocycles. The molecule has 3 aliphatic rings. The highest BCUT2D eigenvalue weighted by atomic mass is 32.2. The number of para-hydroxylation sites is 1. The first-order chi connectivity index (χ1) is 27.8. The van der Waals surface area contributed by atoms with Crippen molar-refractivity contribution in [2.24, 2.45) is 11.8 Å². The Morgan fingerprint density at radius 1 is 0.983 bits per heavy atom. The number of sulfonamides is 1. The number of amides is 6. The lowest BCUT2D eigenvalue weighted by Gasteiger charge is -2.24. The molecule has 2 aromatic carbocycles. The number of hydrogen-bond acceptors (Lipinski definition) is 9. The van der Waals surface area contributed by atoms with E-state index in [2.05, 4.69) is 29.0 Å². The number of anilines is 1. The molecule has 324 valence electrons. The van der Waals surface area contributed by atoms with Gasteiger partial charge in [0.1, 0.15) is 29.8 Å². The number of likely N-dealkylation sites (tertiary alicyclic amines) is 1. The van der Waals surface area contributed by atoms with Crippen molar-refractivity contribution < 1.29 is 51.4 Å². The van der Waals surface area contributed by atoms with Gasteiger partial charge in [-0.3, -0.25) is 28.8 Å². The number of carbonyl (C=O) groups excluding carboxylic acids is 5. The summed E-state index contributed by atoms with van der Waals surface area (Å²) in [7, 11) is -2.45. The van der Waals surface area contributed by atoms with Crippen LogP contribution in [0.1, 0.15) is 83.8 Å². The average molecular weight is 845 g/mol. The van der Waals surface area contributed by atoms with E-state index in [1.807, 2.05) is 10.8 Å². The van der Waals surface area contributed by atoms with Crippen LogP contribution in [0.3, 0.4) is 0 Å². The smallest absolute Gasteiger partial charge is 0.408 e. The number of fused-ring (bicyclic) bond motifs is 1. The molecule has 2 aliphatic heterocycles. The van der Waals surface area contributed by atoms with Gasteiger partial charge in [-0.2, -0.15) is 0 Å². The Morgan fingerprint density at radius 3 is 2.32 bits per heavy atom. The third-order valence-electron chi connectivity index (χ3n) is 9.27. The van der Waals surface area contributed by atoms with Crippen LogP contribution in [-0.4, -0.2) is 96.7 Å². The zero-order valence-corrected chi connectivity index (χ0v) is 35.1. The summed E-state index contributed by atoms with van der Waals surface area (Å²) >= 11 is 0. The molecule has 0 bridgehead atoms. The summed E-state index contributed by atoms with van der Waals surface area (Å²) in [5.74, 6) is -2.97. The predicted molar refractivity (Wildman–Crippen MR) is 219 cm³/mol. The van der Waals surface area contributed by atoms with E-state index in [9.17, 15) is 41.6 Å². The second kappa shape index (κ2) is 22.6. The number of unbranched alkanes of at least 4 members (excludes halogenated alkanes) is 3. The van der Waals surface area contributed by atoms with Gasteiger partial charge in [-0.25, -0.2) is 22.4 Å². The van der Waals surface area contributed by atoms with Crippen LogP contribution in [-0.2, 0) is 47.0 Å². The third-order valence-corrected chi connectivity index (χ3v) is 10.4. The minimum Gasteiger partial charge on any atom is -0.465 e. The van der Waals surface area contributed by atoms with E-state index in [0.717, 1.165) is 31.2 Å². The van der Waals surface area contributed by atoms with Gasteiger partial charge in [0.05, 0.1) is 6.54 Å². The highest BCUT2D eigenvalue weighted by molar-refractivity contribution is 7.90. The third kappa shape index (κ3) is 16.7. The molecular formula is C41H57FN6O10S. The normalized spacial score (nSPS) is 18.0. The Hall–Kier alpha value is -5.52. The molecule has 16 nitrogen and oxygen atoms in total. The molecule has 1 saturated carbocycles. The van der Waals surface area contributed by atoms with Crippen molar-refractivity contribution in [3.8, 4) is 0 Å². The fourth-order valence-corrected chi connectivity index (χ4v) is 7.20. The van der Waals surface area contributed by atoms with E-state index in [4.69, 9.17) is 9.84 Å². The first-order valence-electron chi connectivity index (χ1n) is 19.6.